The molecule has 1 amide bonds. The fourth-order valence-electron chi connectivity index (χ4n) is 2.78. The van der Waals surface area contributed by atoms with Gasteiger partial charge in [0.05, 0.1) is 25.5 Å². The fraction of sp³-hybridized carbons (Fsp3) is 0.421. The number of hydrogen-bond acceptors (Lipinski definition) is 6. The van der Waals surface area contributed by atoms with Crippen molar-refractivity contribution in [3.8, 4) is 5.75 Å². The molecular weight excluding hydrogens is 334 g/mol. The number of aromatic nitrogens is 2. The van der Waals surface area contributed by atoms with Crippen LogP contribution in [0.15, 0.2) is 36.4 Å². The Kier molecular flexibility index (Phi) is 5.49. The van der Waals surface area contributed by atoms with Crippen LogP contribution in [0, 0.1) is 13.8 Å². The van der Waals surface area contributed by atoms with Crippen molar-refractivity contribution in [3.05, 3.63) is 53.3 Å². The predicted molar refractivity (Wildman–Crippen MR) is 95.1 cm³/mol. The van der Waals surface area contributed by atoms with Crippen molar-refractivity contribution in [1.29, 1.82) is 0 Å². The van der Waals surface area contributed by atoms with Gasteiger partial charge < -0.3 is 19.5 Å². The fourth-order valence-corrected chi connectivity index (χ4v) is 2.78. The number of ether oxygens (including phenoxy) is 2. The third-order valence-electron chi connectivity index (χ3n) is 4.16. The van der Waals surface area contributed by atoms with Gasteiger partial charge in [0.1, 0.15) is 18.0 Å². The van der Waals surface area contributed by atoms with Crippen LogP contribution >= 0.6 is 0 Å². The Hall–Kier alpha value is -2.51. The Labute approximate surface area is 152 Å². The number of amides is 1. The van der Waals surface area contributed by atoms with Gasteiger partial charge in [0.2, 0.25) is 0 Å². The van der Waals surface area contributed by atoms with Crippen LogP contribution in [0.25, 0.3) is 0 Å². The first-order valence-electron chi connectivity index (χ1n) is 8.54. The second-order valence-electron chi connectivity index (χ2n) is 6.67. The number of rotatable bonds is 4. The van der Waals surface area contributed by atoms with E-state index in [-0.39, 0.29) is 31.4 Å². The van der Waals surface area contributed by atoms with E-state index in [4.69, 9.17) is 9.47 Å². The maximum Gasteiger partial charge on any atom is 0.274 e. The Bertz CT molecular complexity index is 766. The summed E-state index contributed by atoms with van der Waals surface area (Å²) in [7, 11) is 0. The Morgan fingerprint density at radius 1 is 1.31 bits per heavy atom. The molecule has 7 nitrogen and oxygen atoms in total. The molecule has 2 aromatic rings. The summed E-state index contributed by atoms with van der Waals surface area (Å²) in [6.07, 6.45) is 0. The predicted octanol–water partition coefficient (Wildman–Crippen LogP) is 1.38. The molecule has 1 aliphatic heterocycles. The van der Waals surface area contributed by atoms with E-state index in [1.165, 1.54) is 4.90 Å². The number of β-amino-alcohol motifs (C(OH)–C–C–N with tert-alkyl or cyclic N) is 1. The molecule has 1 aromatic carbocycles. The van der Waals surface area contributed by atoms with Crippen molar-refractivity contribution in [2.24, 2.45) is 0 Å². The van der Waals surface area contributed by atoms with Gasteiger partial charge in [-0.3, -0.25) is 4.79 Å². The van der Waals surface area contributed by atoms with E-state index in [2.05, 4.69) is 10.2 Å². The number of aryl methyl sites for hydroxylation is 2. The molecule has 0 spiro atoms. The average molecular weight is 357 g/mol. The molecule has 26 heavy (non-hydrogen) atoms. The number of benzene rings is 1. The first-order chi connectivity index (χ1) is 12.5. The quantitative estimate of drug-likeness (QED) is 0.890. The molecule has 1 saturated heterocycles. The van der Waals surface area contributed by atoms with Gasteiger partial charge in [0.15, 0.2) is 5.69 Å². The smallest absolute Gasteiger partial charge is 0.274 e. The molecule has 7 heteroatoms. The molecule has 0 saturated carbocycles. The summed E-state index contributed by atoms with van der Waals surface area (Å²) < 4.78 is 11.2. The van der Waals surface area contributed by atoms with Gasteiger partial charge in [0, 0.05) is 6.54 Å². The van der Waals surface area contributed by atoms with E-state index in [0.717, 1.165) is 11.3 Å². The maximum absolute atomic E-state index is 12.7. The number of nitrogens with zero attached hydrogens (tertiary/aromatic N) is 3. The normalized spacial score (nSPS) is 20.5. The molecule has 1 unspecified atom stereocenters. The number of carbonyl (C=O) groups excluding carboxylic acids is 1. The average Bonchev–Trinajstić information content (AvgIpc) is 2.83. The molecule has 3 rings (SSSR count). The van der Waals surface area contributed by atoms with Crippen LogP contribution in [0.5, 0.6) is 5.75 Å². The lowest BCUT2D eigenvalue weighted by atomic mass is 10.1. The molecule has 1 fully saturated rings. The summed E-state index contributed by atoms with van der Waals surface area (Å²) in [5, 5.41) is 18.8. The molecule has 138 valence electrons. The zero-order valence-electron chi connectivity index (χ0n) is 15.0. The SMILES string of the molecule is Cc1cccc(OCC2(O)COCCN(C(=O)c3ccc(C)nn3)C2)c1. The van der Waals surface area contributed by atoms with E-state index >= 15 is 0 Å². The van der Waals surface area contributed by atoms with Gasteiger partial charge in [0.25, 0.3) is 5.91 Å². The zero-order valence-corrected chi connectivity index (χ0v) is 15.0. The van der Waals surface area contributed by atoms with E-state index in [9.17, 15) is 9.90 Å². The summed E-state index contributed by atoms with van der Waals surface area (Å²) in [6, 6.07) is 11.0. The number of aliphatic hydroxyl groups is 1. The standard InChI is InChI=1S/C19H23N3O4/c1-14-4-3-5-16(10-14)26-13-19(24)11-22(8-9-25-12-19)18(23)17-7-6-15(2)20-21-17/h3-7,10,24H,8-9,11-13H2,1-2H3. The lowest BCUT2D eigenvalue weighted by Gasteiger charge is -2.30. The number of carbonyl (C=O) groups is 1. The van der Waals surface area contributed by atoms with E-state index in [1.54, 1.807) is 12.1 Å². The van der Waals surface area contributed by atoms with Crippen LogP contribution in [0.1, 0.15) is 21.7 Å². The van der Waals surface area contributed by atoms with Crippen molar-refractivity contribution >= 4 is 5.91 Å². The summed E-state index contributed by atoms with van der Waals surface area (Å²) in [5.74, 6) is 0.391. The van der Waals surface area contributed by atoms with Crippen LogP contribution in [0.4, 0.5) is 0 Å². The van der Waals surface area contributed by atoms with Gasteiger partial charge in [-0.1, -0.05) is 12.1 Å². The minimum absolute atomic E-state index is 0.0276. The van der Waals surface area contributed by atoms with Gasteiger partial charge >= 0.3 is 0 Å². The van der Waals surface area contributed by atoms with Crippen molar-refractivity contribution < 1.29 is 19.4 Å². The molecule has 0 aliphatic carbocycles. The van der Waals surface area contributed by atoms with Crippen molar-refractivity contribution in [1.82, 2.24) is 15.1 Å². The van der Waals surface area contributed by atoms with Gasteiger partial charge in [-0.2, -0.15) is 5.10 Å². The van der Waals surface area contributed by atoms with E-state index in [1.807, 2.05) is 38.1 Å². The van der Waals surface area contributed by atoms with E-state index < -0.39 is 5.60 Å². The minimum atomic E-state index is -1.30. The minimum Gasteiger partial charge on any atom is -0.490 e. The Morgan fingerprint density at radius 3 is 2.88 bits per heavy atom. The molecular formula is C19H23N3O4. The van der Waals surface area contributed by atoms with Crippen molar-refractivity contribution in [3.63, 3.8) is 0 Å². The van der Waals surface area contributed by atoms with Crippen LogP contribution in [0.3, 0.4) is 0 Å². The largest absolute Gasteiger partial charge is 0.490 e. The summed E-state index contributed by atoms with van der Waals surface area (Å²) in [4.78, 5) is 14.2. The summed E-state index contributed by atoms with van der Waals surface area (Å²) in [5.41, 5.74) is 0.762. The second-order valence-corrected chi connectivity index (χ2v) is 6.67. The Morgan fingerprint density at radius 2 is 2.15 bits per heavy atom. The summed E-state index contributed by atoms with van der Waals surface area (Å²) in [6.45, 7) is 4.73. The highest BCUT2D eigenvalue weighted by Crippen LogP contribution is 2.18. The van der Waals surface area contributed by atoms with Gasteiger partial charge in [-0.15, -0.1) is 5.10 Å². The van der Waals surface area contributed by atoms with Crippen LogP contribution in [0.2, 0.25) is 0 Å². The molecule has 0 radical (unpaired) electrons. The third kappa shape index (κ3) is 4.56. The van der Waals surface area contributed by atoms with Gasteiger partial charge in [-0.05, 0) is 43.7 Å². The molecule has 0 bridgehead atoms. The van der Waals surface area contributed by atoms with Crippen molar-refractivity contribution in [2.45, 2.75) is 19.4 Å². The van der Waals surface area contributed by atoms with Crippen molar-refractivity contribution in [2.75, 3.05) is 32.9 Å². The molecule has 1 aromatic heterocycles. The monoisotopic (exact) mass is 357 g/mol. The first-order valence-corrected chi connectivity index (χ1v) is 8.54. The maximum atomic E-state index is 12.7. The topological polar surface area (TPSA) is 84.8 Å². The third-order valence-corrected chi connectivity index (χ3v) is 4.16. The molecule has 1 N–H and O–H groups in total. The highest BCUT2D eigenvalue weighted by molar-refractivity contribution is 5.92. The van der Waals surface area contributed by atoms with Gasteiger partial charge in [-0.25, -0.2) is 0 Å². The lowest BCUT2D eigenvalue weighted by molar-refractivity contribution is -0.0621. The summed E-state index contributed by atoms with van der Waals surface area (Å²) >= 11 is 0. The van der Waals surface area contributed by atoms with E-state index in [0.29, 0.717) is 18.9 Å². The first kappa shape index (κ1) is 18.3. The Balaban J connectivity index is 1.69. The zero-order chi connectivity index (χ0) is 18.6. The van der Waals surface area contributed by atoms with Crippen LogP contribution in [-0.4, -0.2) is 64.6 Å². The second kappa shape index (κ2) is 7.80. The number of hydrogen-bond donors (Lipinski definition) is 1. The molecule has 1 atom stereocenters. The lowest BCUT2D eigenvalue weighted by Crippen LogP contribution is -2.50. The van der Waals surface area contributed by atoms with Crippen LogP contribution < -0.4 is 4.74 Å². The van der Waals surface area contributed by atoms with Crippen LogP contribution in [-0.2, 0) is 4.74 Å². The highest BCUT2D eigenvalue weighted by atomic mass is 16.5. The molecule has 1 aliphatic rings. The molecule has 2 heterocycles. The highest BCUT2D eigenvalue weighted by Gasteiger charge is 2.36.